The van der Waals surface area contributed by atoms with E-state index in [4.69, 9.17) is 9.47 Å². The van der Waals surface area contributed by atoms with Gasteiger partial charge in [0.25, 0.3) is 5.91 Å². The van der Waals surface area contributed by atoms with Gasteiger partial charge in [0, 0.05) is 13.1 Å². The number of amides is 1. The number of rotatable bonds is 9. The number of hydrogen-bond donors (Lipinski definition) is 1. The molecular weight excluding hydrogens is 428 g/mol. The maximum Gasteiger partial charge on any atom is 0.257 e. The predicted octanol–water partition coefficient (Wildman–Crippen LogP) is 3.37. The standard InChI is InChI=1S/C24H24N2O5S/c27-24(18-30-20-10-12-22(13-11-20)31-21-7-2-1-3-8-21)25-15-17-32(28,29)26-16-14-19-6-4-5-9-23(19)26/h1-13H,14-18H2,(H,25,27). The highest BCUT2D eigenvalue weighted by molar-refractivity contribution is 7.92. The fourth-order valence-electron chi connectivity index (χ4n) is 3.45. The quantitative estimate of drug-likeness (QED) is 0.538. The molecule has 0 spiro atoms. The summed E-state index contributed by atoms with van der Waals surface area (Å²) in [6, 6.07) is 23.8. The van der Waals surface area contributed by atoms with Gasteiger partial charge in [0.05, 0.1) is 11.4 Å². The van der Waals surface area contributed by atoms with Crippen LogP contribution in [0.3, 0.4) is 0 Å². The van der Waals surface area contributed by atoms with Crippen LogP contribution in [0, 0.1) is 0 Å². The fourth-order valence-corrected chi connectivity index (χ4v) is 4.88. The maximum atomic E-state index is 12.7. The van der Waals surface area contributed by atoms with E-state index < -0.39 is 10.0 Å². The molecule has 0 unspecified atom stereocenters. The van der Waals surface area contributed by atoms with Crippen LogP contribution in [0.15, 0.2) is 78.9 Å². The average Bonchev–Trinajstić information content (AvgIpc) is 3.24. The van der Waals surface area contributed by atoms with Gasteiger partial charge in [-0.1, -0.05) is 36.4 Å². The lowest BCUT2D eigenvalue weighted by Gasteiger charge is -2.19. The van der Waals surface area contributed by atoms with E-state index in [0.29, 0.717) is 24.5 Å². The number of fused-ring (bicyclic) bond motifs is 1. The summed E-state index contributed by atoms with van der Waals surface area (Å²) in [4.78, 5) is 12.1. The second kappa shape index (κ2) is 9.74. The number of carbonyl (C=O) groups excluding carboxylic acids is 1. The van der Waals surface area contributed by atoms with E-state index in [1.54, 1.807) is 24.3 Å². The molecule has 0 saturated heterocycles. The third kappa shape index (κ3) is 5.39. The van der Waals surface area contributed by atoms with Crippen LogP contribution >= 0.6 is 0 Å². The summed E-state index contributed by atoms with van der Waals surface area (Å²) in [6.07, 6.45) is 0.699. The number of nitrogens with zero attached hydrogens (tertiary/aromatic N) is 1. The average molecular weight is 453 g/mol. The van der Waals surface area contributed by atoms with Gasteiger partial charge in [-0.25, -0.2) is 8.42 Å². The summed E-state index contributed by atoms with van der Waals surface area (Å²) in [5.74, 6) is 1.35. The van der Waals surface area contributed by atoms with E-state index in [0.717, 1.165) is 17.0 Å². The Morgan fingerprint density at radius 1 is 0.875 bits per heavy atom. The van der Waals surface area contributed by atoms with Gasteiger partial charge in [-0.15, -0.1) is 0 Å². The molecule has 1 N–H and O–H groups in total. The Bertz CT molecular complexity index is 1160. The van der Waals surface area contributed by atoms with Gasteiger partial charge in [-0.2, -0.15) is 0 Å². The van der Waals surface area contributed by atoms with Crippen molar-refractivity contribution in [2.75, 3.05) is 29.8 Å². The van der Waals surface area contributed by atoms with Crippen molar-refractivity contribution in [2.45, 2.75) is 6.42 Å². The molecule has 0 atom stereocenters. The van der Waals surface area contributed by atoms with E-state index >= 15 is 0 Å². The van der Waals surface area contributed by atoms with Gasteiger partial charge in [-0.05, 0) is 54.4 Å². The smallest absolute Gasteiger partial charge is 0.257 e. The van der Waals surface area contributed by atoms with E-state index in [9.17, 15) is 13.2 Å². The lowest BCUT2D eigenvalue weighted by Crippen LogP contribution is -2.38. The molecule has 1 aliphatic heterocycles. The summed E-state index contributed by atoms with van der Waals surface area (Å²) in [7, 11) is -3.50. The first-order valence-corrected chi connectivity index (χ1v) is 11.9. The van der Waals surface area contributed by atoms with Gasteiger partial charge < -0.3 is 14.8 Å². The van der Waals surface area contributed by atoms with Gasteiger partial charge in [0.2, 0.25) is 10.0 Å². The Hall–Kier alpha value is -3.52. The van der Waals surface area contributed by atoms with Crippen molar-refractivity contribution in [3.63, 3.8) is 0 Å². The number of carbonyl (C=O) groups is 1. The van der Waals surface area contributed by atoms with Crippen LogP contribution in [0.5, 0.6) is 17.2 Å². The molecule has 3 aromatic carbocycles. The summed E-state index contributed by atoms with van der Waals surface area (Å²) < 4.78 is 37.9. The first kappa shape index (κ1) is 21.7. The third-order valence-electron chi connectivity index (χ3n) is 5.04. The van der Waals surface area contributed by atoms with Crippen LogP contribution in [0.2, 0.25) is 0 Å². The third-order valence-corrected chi connectivity index (χ3v) is 6.81. The molecule has 0 radical (unpaired) electrons. The summed E-state index contributed by atoms with van der Waals surface area (Å²) >= 11 is 0. The number of sulfonamides is 1. The van der Waals surface area contributed by atoms with E-state index in [1.807, 2.05) is 54.6 Å². The van der Waals surface area contributed by atoms with E-state index in [-0.39, 0.29) is 24.8 Å². The number of ether oxygens (including phenoxy) is 2. The van der Waals surface area contributed by atoms with E-state index in [1.165, 1.54) is 4.31 Å². The van der Waals surface area contributed by atoms with Gasteiger partial charge in [0.1, 0.15) is 17.2 Å². The molecule has 0 bridgehead atoms. The van der Waals surface area contributed by atoms with Crippen LogP contribution in [-0.4, -0.2) is 39.8 Å². The van der Waals surface area contributed by atoms with Crippen LogP contribution in [0.4, 0.5) is 5.69 Å². The Balaban J connectivity index is 1.21. The van der Waals surface area contributed by atoms with Crippen molar-refractivity contribution in [2.24, 2.45) is 0 Å². The van der Waals surface area contributed by atoms with Gasteiger partial charge >= 0.3 is 0 Å². The topological polar surface area (TPSA) is 84.9 Å². The summed E-state index contributed by atoms with van der Waals surface area (Å²) in [5, 5.41) is 2.61. The number of benzene rings is 3. The van der Waals surface area contributed by atoms with Crippen molar-refractivity contribution in [3.8, 4) is 17.2 Å². The molecule has 1 aliphatic rings. The van der Waals surface area contributed by atoms with Crippen molar-refractivity contribution in [3.05, 3.63) is 84.4 Å². The molecule has 0 aliphatic carbocycles. The fraction of sp³-hybridized carbons (Fsp3) is 0.208. The first-order valence-electron chi connectivity index (χ1n) is 10.3. The molecule has 7 nitrogen and oxygen atoms in total. The Labute approximate surface area is 187 Å². The maximum absolute atomic E-state index is 12.7. The Morgan fingerprint density at radius 2 is 1.53 bits per heavy atom. The molecule has 1 heterocycles. The monoisotopic (exact) mass is 452 g/mol. The minimum absolute atomic E-state index is 0.0209. The van der Waals surface area contributed by atoms with Crippen LogP contribution in [0.25, 0.3) is 0 Å². The molecule has 8 heteroatoms. The highest BCUT2D eigenvalue weighted by Gasteiger charge is 2.28. The highest BCUT2D eigenvalue weighted by Crippen LogP contribution is 2.29. The minimum Gasteiger partial charge on any atom is -0.484 e. The number of anilines is 1. The zero-order valence-electron chi connectivity index (χ0n) is 17.4. The molecule has 0 saturated carbocycles. The van der Waals surface area contributed by atoms with Crippen molar-refractivity contribution in [1.29, 1.82) is 0 Å². The summed E-state index contributed by atoms with van der Waals surface area (Å²) in [5.41, 5.74) is 1.75. The number of para-hydroxylation sites is 2. The SMILES string of the molecule is O=C(COc1ccc(Oc2ccccc2)cc1)NCCS(=O)(=O)N1CCc2ccccc21. The van der Waals surface area contributed by atoms with Crippen LogP contribution in [0.1, 0.15) is 5.56 Å². The molecule has 0 fully saturated rings. The first-order chi connectivity index (χ1) is 15.5. The highest BCUT2D eigenvalue weighted by atomic mass is 32.2. The van der Waals surface area contributed by atoms with Crippen molar-refractivity contribution in [1.82, 2.24) is 5.32 Å². The zero-order valence-corrected chi connectivity index (χ0v) is 18.3. The lowest BCUT2D eigenvalue weighted by atomic mass is 10.2. The molecule has 3 aromatic rings. The van der Waals surface area contributed by atoms with Crippen LogP contribution < -0.4 is 19.1 Å². The van der Waals surface area contributed by atoms with Crippen LogP contribution in [-0.2, 0) is 21.2 Å². The van der Waals surface area contributed by atoms with Gasteiger partial charge in [-0.3, -0.25) is 9.10 Å². The normalized spacial score (nSPS) is 12.8. The second-order valence-corrected chi connectivity index (χ2v) is 9.30. The van der Waals surface area contributed by atoms with Crippen molar-refractivity contribution >= 4 is 21.6 Å². The number of nitrogens with one attached hydrogen (secondary N) is 1. The summed E-state index contributed by atoms with van der Waals surface area (Å²) in [6.45, 7) is 0.251. The van der Waals surface area contributed by atoms with E-state index in [2.05, 4.69) is 5.32 Å². The second-order valence-electron chi connectivity index (χ2n) is 7.29. The molecular formula is C24H24N2O5S. The lowest BCUT2D eigenvalue weighted by molar-refractivity contribution is -0.122. The molecule has 166 valence electrons. The van der Waals surface area contributed by atoms with Gasteiger partial charge in [0.15, 0.2) is 6.61 Å². The zero-order chi connectivity index (χ0) is 22.4. The Morgan fingerprint density at radius 3 is 2.31 bits per heavy atom. The Kier molecular flexibility index (Phi) is 6.61. The molecule has 1 amide bonds. The van der Waals surface area contributed by atoms with Crippen molar-refractivity contribution < 1.29 is 22.7 Å². The molecule has 32 heavy (non-hydrogen) atoms. The molecule has 4 rings (SSSR count). The predicted molar refractivity (Wildman–Crippen MR) is 123 cm³/mol. The molecule has 0 aromatic heterocycles. The largest absolute Gasteiger partial charge is 0.484 e. The number of hydrogen-bond acceptors (Lipinski definition) is 5. The minimum atomic E-state index is -3.50.